The van der Waals surface area contributed by atoms with Crippen LogP contribution in [-0.2, 0) is 11.2 Å². The fraction of sp³-hybridized carbons (Fsp3) is 0.0455. The van der Waals surface area contributed by atoms with Crippen LogP contribution in [0.1, 0.15) is 15.9 Å². The summed E-state index contributed by atoms with van der Waals surface area (Å²) in [6.45, 7) is 0. The van der Waals surface area contributed by atoms with E-state index in [1.807, 2.05) is 30.3 Å². The summed E-state index contributed by atoms with van der Waals surface area (Å²) in [6.07, 6.45) is 1.67. The molecule has 2 heterocycles. The van der Waals surface area contributed by atoms with Crippen molar-refractivity contribution in [2.45, 2.75) is 6.42 Å². The van der Waals surface area contributed by atoms with Gasteiger partial charge in [-0.1, -0.05) is 53.8 Å². The van der Waals surface area contributed by atoms with Gasteiger partial charge >= 0.3 is 0 Å². The van der Waals surface area contributed by atoms with Crippen LogP contribution in [-0.4, -0.2) is 27.0 Å². The number of rotatable bonds is 7. The molecule has 0 saturated heterocycles. The highest BCUT2D eigenvalue weighted by molar-refractivity contribution is 7.18. The van der Waals surface area contributed by atoms with Gasteiger partial charge < -0.3 is 15.8 Å². The summed E-state index contributed by atoms with van der Waals surface area (Å²) < 4.78 is 5.64. The number of nitrogens with one attached hydrogen (secondary N) is 1. The van der Waals surface area contributed by atoms with Gasteiger partial charge in [0.25, 0.3) is 5.91 Å². The Hall–Kier alpha value is -4.11. The predicted octanol–water partition coefficient (Wildman–Crippen LogP) is 3.67. The molecule has 0 spiro atoms. The smallest absolute Gasteiger partial charge is 0.254 e. The van der Waals surface area contributed by atoms with Crippen LogP contribution in [0.2, 0.25) is 0 Å². The van der Waals surface area contributed by atoms with Crippen molar-refractivity contribution in [2.24, 2.45) is 5.73 Å². The SMILES string of the molecule is NC(=O)c1cccnc1Oc1ccc(CC(=O)Nc2nnc(-c3ccccc3)s2)cc1. The van der Waals surface area contributed by atoms with Crippen molar-refractivity contribution in [1.29, 1.82) is 0 Å². The molecule has 2 aromatic heterocycles. The van der Waals surface area contributed by atoms with Gasteiger partial charge in [0.1, 0.15) is 16.3 Å². The maximum absolute atomic E-state index is 12.4. The van der Waals surface area contributed by atoms with E-state index in [0.29, 0.717) is 10.9 Å². The van der Waals surface area contributed by atoms with Crippen molar-refractivity contribution in [2.75, 3.05) is 5.32 Å². The number of anilines is 1. The number of pyridine rings is 1. The number of nitrogens with zero attached hydrogens (tertiary/aromatic N) is 3. The number of ether oxygens (including phenoxy) is 1. The average Bonchev–Trinajstić information content (AvgIpc) is 3.24. The van der Waals surface area contributed by atoms with Crippen molar-refractivity contribution >= 4 is 28.3 Å². The number of hydrogen-bond acceptors (Lipinski definition) is 7. The van der Waals surface area contributed by atoms with Crippen LogP contribution in [0, 0.1) is 0 Å². The van der Waals surface area contributed by atoms with Crippen LogP contribution in [0.3, 0.4) is 0 Å². The van der Waals surface area contributed by atoms with Gasteiger partial charge in [0.05, 0.1) is 6.42 Å². The first kappa shape index (κ1) is 20.2. The minimum Gasteiger partial charge on any atom is -0.438 e. The van der Waals surface area contributed by atoms with Crippen LogP contribution in [0.15, 0.2) is 72.9 Å². The zero-order valence-corrected chi connectivity index (χ0v) is 17.0. The van der Waals surface area contributed by atoms with Gasteiger partial charge in [-0.3, -0.25) is 9.59 Å². The number of amides is 2. The number of carbonyl (C=O) groups is 2. The highest BCUT2D eigenvalue weighted by atomic mass is 32.1. The topological polar surface area (TPSA) is 120 Å². The van der Waals surface area contributed by atoms with Gasteiger partial charge in [0.2, 0.25) is 16.9 Å². The molecule has 0 aliphatic rings. The largest absolute Gasteiger partial charge is 0.438 e. The Bertz CT molecular complexity index is 1210. The molecule has 2 aromatic carbocycles. The second kappa shape index (κ2) is 9.14. The lowest BCUT2D eigenvalue weighted by Gasteiger charge is -2.08. The molecule has 0 fully saturated rings. The highest BCUT2D eigenvalue weighted by Gasteiger charge is 2.12. The zero-order valence-electron chi connectivity index (χ0n) is 16.2. The third-order valence-corrected chi connectivity index (χ3v) is 5.12. The minimum atomic E-state index is -0.622. The van der Waals surface area contributed by atoms with E-state index in [0.717, 1.165) is 16.1 Å². The minimum absolute atomic E-state index is 0.131. The van der Waals surface area contributed by atoms with Gasteiger partial charge in [0.15, 0.2) is 0 Å². The lowest BCUT2D eigenvalue weighted by molar-refractivity contribution is -0.115. The quantitative estimate of drug-likeness (QED) is 0.461. The molecular formula is C22H17N5O3S. The standard InChI is InChI=1S/C22H17N5O3S/c23-19(29)17-7-4-12-24-20(17)30-16-10-8-14(9-11-16)13-18(28)25-22-27-26-21(31-22)15-5-2-1-3-6-15/h1-12H,13H2,(H2,23,29)(H,25,27,28). The molecule has 0 aliphatic heterocycles. The van der Waals surface area contributed by atoms with Gasteiger partial charge in [-0.15, -0.1) is 10.2 Å². The Kier molecular flexibility index (Phi) is 5.95. The molecular weight excluding hydrogens is 414 g/mol. The summed E-state index contributed by atoms with van der Waals surface area (Å²) in [5.74, 6) is -0.221. The Balaban J connectivity index is 1.37. The third kappa shape index (κ3) is 5.09. The molecule has 0 bridgehead atoms. The average molecular weight is 431 g/mol. The number of nitrogens with two attached hydrogens (primary N) is 1. The Morgan fingerprint density at radius 3 is 2.48 bits per heavy atom. The van der Waals surface area contributed by atoms with E-state index in [1.54, 1.807) is 36.4 Å². The molecule has 31 heavy (non-hydrogen) atoms. The monoisotopic (exact) mass is 431 g/mol. The first-order chi connectivity index (χ1) is 15.1. The maximum Gasteiger partial charge on any atom is 0.254 e. The summed E-state index contributed by atoms with van der Waals surface area (Å²) >= 11 is 1.31. The second-order valence-electron chi connectivity index (χ2n) is 6.47. The van der Waals surface area contributed by atoms with Crippen LogP contribution in [0.25, 0.3) is 10.6 Å². The fourth-order valence-corrected chi connectivity index (χ4v) is 3.53. The molecule has 3 N–H and O–H groups in total. The van der Waals surface area contributed by atoms with Gasteiger partial charge in [-0.25, -0.2) is 4.98 Å². The van der Waals surface area contributed by atoms with Crippen LogP contribution >= 0.6 is 11.3 Å². The van der Waals surface area contributed by atoms with E-state index >= 15 is 0 Å². The van der Waals surface area contributed by atoms with Gasteiger partial charge in [0, 0.05) is 11.8 Å². The first-order valence-corrected chi connectivity index (χ1v) is 10.1. The van der Waals surface area contributed by atoms with Crippen molar-refractivity contribution < 1.29 is 14.3 Å². The lowest BCUT2D eigenvalue weighted by Crippen LogP contribution is -2.14. The summed E-state index contributed by atoms with van der Waals surface area (Å²) in [4.78, 5) is 27.9. The van der Waals surface area contributed by atoms with Gasteiger partial charge in [-0.05, 0) is 29.8 Å². The Labute approximate surface area is 181 Å². The van der Waals surface area contributed by atoms with E-state index in [9.17, 15) is 9.59 Å². The molecule has 0 atom stereocenters. The lowest BCUT2D eigenvalue weighted by atomic mass is 10.1. The molecule has 154 valence electrons. The molecule has 8 nitrogen and oxygen atoms in total. The number of hydrogen-bond donors (Lipinski definition) is 2. The normalized spacial score (nSPS) is 10.5. The third-order valence-electron chi connectivity index (χ3n) is 4.23. The highest BCUT2D eigenvalue weighted by Crippen LogP contribution is 2.26. The van der Waals surface area contributed by atoms with Crippen LogP contribution in [0.4, 0.5) is 5.13 Å². The number of carbonyl (C=O) groups excluding carboxylic acids is 2. The first-order valence-electron chi connectivity index (χ1n) is 9.29. The van der Waals surface area contributed by atoms with E-state index < -0.39 is 5.91 Å². The molecule has 0 saturated carbocycles. The molecule has 4 aromatic rings. The summed E-state index contributed by atoms with van der Waals surface area (Å²) in [5, 5.41) is 12.1. The molecule has 9 heteroatoms. The number of aromatic nitrogens is 3. The van der Waals surface area contributed by atoms with Gasteiger partial charge in [-0.2, -0.15) is 0 Å². The van der Waals surface area contributed by atoms with Crippen molar-refractivity contribution in [3.63, 3.8) is 0 Å². The van der Waals surface area contributed by atoms with Crippen molar-refractivity contribution in [3.8, 4) is 22.2 Å². The molecule has 0 unspecified atom stereocenters. The molecule has 0 aliphatic carbocycles. The summed E-state index contributed by atoms with van der Waals surface area (Å²) in [6, 6.07) is 19.7. The molecule has 0 radical (unpaired) electrons. The maximum atomic E-state index is 12.4. The summed E-state index contributed by atoms with van der Waals surface area (Å²) in [7, 11) is 0. The van der Waals surface area contributed by atoms with E-state index in [2.05, 4.69) is 20.5 Å². The molecule has 2 amide bonds. The van der Waals surface area contributed by atoms with Crippen LogP contribution < -0.4 is 15.8 Å². The van der Waals surface area contributed by atoms with E-state index in [-0.39, 0.29) is 23.8 Å². The Morgan fingerprint density at radius 1 is 0.968 bits per heavy atom. The summed E-state index contributed by atoms with van der Waals surface area (Å²) in [5.41, 5.74) is 7.26. The molecule has 4 rings (SSSR count). The van der Waals surface area contributed by atoms with Crippen molar-refractivity contribution in [3.05, 3.63) is 84.1 Å². The van der Waals surface area contributed by atoms with Crippen molar-refractivity contribution in [1.82, 2.24) is 15.2 Å². The predicted molar refractivity (Wildman–Crippen MR) is 117 cm³/mol. The van der Waals surface area contributed by atoms with Crippen LogP contribution in [0.5, 0.6) is 11.6 Å². The number of primary amides is 1. The Morgan fingerprint density at radius 2 is 1.74 bits per heavy atom. The number of benzene rings is 2. The second-order valence-corrected chi connectivity index (χ2v) is 7.45. The van der Waals surface area contributed by atoms with E-state index in [1.165, 1.54) is 17.5 Å². The zero-order chi connectivity index (χ0) is 21.6. The fourth-order valence-electron chi connectivity index (χ4n) is 2.77. The van der Waals surface area contributed by atoms with E-state index in [4.69, 9.17) is 10.5 Å².